The highest BCUT2D eigenvalue weighted by molar-refractivity contribution is 5.06. The van der Waals surface area contributed by atoms with Gasteiger partial charge in [0.25, 0.3) is 0 Å². The van der Waals surface area contributed by atoms with Crippen molar-refractivity contribution < 1.29 is 0 Å². The Labute approximate surface area is 106 Å². The van der Waals surface area contributed by atoms with Crippen LogP contribution in [0.4, 0.5) is 0 Å². The first-order valence-corrected chi connectivity index (χ1v) is 7.08. The summed E-state index contributed by atoms with van der Waals surface area (Å²) in [5.74, 6) is 0.844. The summed E-state index contributed by atoms with van der Waals surface area (Å²) in [5.41, 5.74) is 1.41. The van der Waals surface area contributed by atoms with Gasteiger partial charge in [0.05, 0.1) is 0 Å². The largest absolute Gasteiger partial charge is 0.350 e. The molecule has 1 rings (SSSR count). The molecule has 17 heavy (non-hydrogen) atoms. The van der Waals surface area contributed by atoms with Crippen LogP contribution in [0.1, 0.15) is 52.1 Å². The van der Waals surface area contributed by atoms with Gasteiger partial charge >= 0.3 is 0 Å². The number of aryl methyl sites for hydroxylation is 1. The molecule has 0 saturated carbocycles. The van der Waals surface area contributed by atoms with Crippen LogP contribution < -0.4 is 5.32 Å². The monoisotopic (exact) mass is 236 g/mol. The summed E-state index contributed by atoms with van der Waals surface area (Å²) in [6, 6.07) is 4.36. The van der Waals surface area contributed by atoms with Crippen molar-refractivity contribution in [1.82, 2.24) is 9.88 Å². The molecule has 1 N–H and O–H groups in total. The molecule has 1 aromatic heterocycles. The lowest BCUT2D eigenvalue weighted by atomic mass is 10.1. The highest BCUT2D eigenvalue weighted by atomic mass is 15.0. The average molecular weight is 236 g/mol. The maximum atomic E-state index is 3.54. The summed E-state index contributed by atoms with van der Waals surface area (Å²) < 4.78 is 2.35. The molecule has 0 aliphatic carbocycles. The molecule has 0 fully saturated rings. The molecule has 0 radical (unpaired) electrons. The number of hydrogen-bond donors (Lipinski definition) is 1. The van der Waals surface area contributed by atoms with Crippen molar-refractivity contribution in [2.24, 2.45) is 5.92 Å². The minimum atomic E-state index is 0.844. The third kappa shape index (κ3) is 5.92. The first kappa shape index (κ1) is 14.3. The Hall–Kier alpha value is -0.760. The number of aromatic nitrogens is 1. The van der Waals surface area contributed by atoms with Crippen LogP contribution in [0.25, 0.3) is 0 Å². The lowest BCUT2D eigenvalue weighted by molar-refractivity contribution is 0.515. The quantitative estimate of drug-likeness (QED) is 0.645. The minimum absolute atomic E-state index is 0.844. The van der Waals surface area contributed by atoms with Gasteiger partial charge in [0.2, 0.25) is 0 Å². The first-order valence-electron chi connectivity index (χ1n) is 7.08. The topological polar surface area (TPSA) is 17.0 Å². The second-order valence-electron chi connectivity index (χ2n) is 5.26. The van der Waals surface area contributed by atoms with Gasteiger partial charge in [0.15, 0.2) is 0 Å². The molecule has 2 heteroatoms. The van der Waals surface area contributed by atoms with E-state index in [1.165, 1.54) is 31.4 Å². The lowest BCUT2D eigenvalue weighted by Gasteiger charge is -2.09. The molecule has 0 amide bonds. The molecule has 1 heterocycles. The van der Waals surface area contributed by atoms with E-state index in [1.807, 2.05) is 0 Å². The number of rotatable bonds is 9. The SMILES string of the molecule is CCCn1cccc1CNCCCCC(C)C. The van der Waals surface area contributed by atoms with Crippen molar-refractivity contribution in [1.29, 1.82) is 0 Å². The fourth-order valence-corrected chi connectivity index (χ4v) is 2.09. The molecular weight excluding hydrogens is 208 g/mol. The molecule has 0 aliphatic rings. The van der Waals surface area contributed by atoms with Gasteiger partial charge in [-0.15, -0.1) is 0 Å². The van der Waals surface area contributed by atoms with Gasteiger partial charge in [-0.1, -0.05) is 33.6 Å². The smallest absolute Gasteiger partial charge is 0.0359 e. The molecule has 0 saturated heterocycles. The molecule has 0 spiro atoms. The molecule has 2 nitrogen and oxygen atoms in total. The molecular formula is C15H28N2. The van der Waals surface area contributed by atoms with Crippen molar-refractivity contribution in [2.45, 2.75) is 59.5 Å². The second kappa shape index (κ2) is 8.35. The lowest BCUT2D eigenvalue weighted by Crippen LogP contribution is -2.17. The zero-order valence-corrected chi connectivity index (χ0v) is 11.7. The Morgan fingerprint density at radius 1 is 1.29 bits per heavy atom. The van der Waals surface area contributed by atoms with E-state index in [4.69, 9.17) is 0 Å². The Balaban J connectivity index is 2.11. The normalized spacial score (nSPS) is 11.3. The van der Waals surface area contributed by atoms with E-state index in [0.29, 0.717) is 0 Å². The molecule has 1 aromatic rings. The van der Waals surface area contributed by atoms with Gasteiger partial charge in [0, 0.05) is 25.0 Å². The third-order valence-electron chi connectivity index (χ3n) is 3.08. The van der Waals surface area contributed by atoms with Gasteiger partial charge < -0.3 is 9.88 Å². The zero-order valence-electron chi connectivity index (χ0n) is 11.7. The molecule has 0 unspecified atom stereocenters. The summed E-state index contributed by atoms with van der Waals surface area (Å²) in [6.07, 6.45) is 7.39. The summed E-state index contributed by atoms with van der Waals surface area (Å²) >= 11 is 0. The van der Waals surface area contributed by atoms with E-state index in [-0.39, 0.29) is 0 Å². The maximum Gasteiger partial charge on any atom is 0.0359 e. The zero-order chi connectivity index (χ0) is 12.5. The van der Waals surface area contributed by atoms with Crippen LogP contribution in [0, 0.1) is 5.92 Å². The summed E-state index contributed by atoms with van der Waals surface area (Å²) in [4.78, 5) is 0. The number of unbranched alkanes of at least 4 members (excludes halogenated alkanes) is 1. The highest BCUT2D eigenvalue weighted by Gasteiger charge is 1.99. The van der Waals surface area contributed by atoms with Gasteiger partial charge in [-0.05, 0) is 37.4 Å². The standard InChI is InChI=1S/C15H28N2/c1-4-11-17-12-7-9-15(17)13-16-10-6-5-8-14(2)3/h7,9,12,14,16H,4-6,8,10-11,13H2,1-3H3. The fourth-order valence-electron chi connectivity index (χ4n) is 2.09. The Kier molecular flexibility index (Phi) is 7.02. The van der Waals surface area contributed by atoms with Gasteiger partial charge in [0.1, 0.15) is 0 Å². The van der Waals surface area contributed by atoms with E-state index < -0.39 is 0 Å². The van der Waals surface area contributed by atoms with Crippen molar-refractivity contribution in [3.63, 3.8) is 0 Å². The van der Waals surface area contributed by atoms with Gasteiger partial charge in [-0.2, -0.15) is 0 Å². The summed E-state index contributed by atoms with van der Waals surface area (Å²) in [7, 11) is 0. The van der Waals surface area contributed by atoms with Crippen LogP contribution in [0.3, 0.4) is 0 Å². The van der Waals surface area contributed by atoms with Gasteiger partial charge in [-0.25, -0.2) is 0 Å². The number of hydrogen-bond acceptors (Lipinski definition) is 1. The van der Waals surface area contributed by atoms with Crippen molar-refractivity contribution >= 4 is 0 Å². The van der Waals surface area contributed by atoms with E-state index in [1.54, 1.807) is 0 Å². The number of nitrogens with one attached hydrogen (secondary N) is 1. The van der Waals surface area contributed by atoms with Crippen LogP contribution in [-0.4, -0.2) is 11.1 Å². The van der Waals surface area contributed by atoms with E-state index in [9.17, 15) is 0 Å². The molecule has 98 valence electrons. The molecule has 0 aromatic carbocycles. The van der Waals surface area contributed by atoms with Crippen LogP contribution >= 0.6 is 0 Å². The predicted octanol–water partition coefficient (Wildman–Crippen LogP) is 3.81. The first-order chi connectivity index (χ1) is 8.24. The summed E-state index contributed by atoms with van der Waals surface area (Å²) in [5, 5.41) is 3.54. The van der Waals surface area contributed by atoms with Crippen molar-refractivity contribution in [3.05, 3.63) is 24.0 Å². The Morgan fingerprint density at radius 3 is 2.82 bits per heavy atom. The molecule has 0 atom stereocenters. The predicted molar refractivity (Wildman–Crippen MR) is 75.1 cm³/mol. The van der Waals surface area contributed by atoms with Crippen LogP contribution in [0.15, 0.2) is 18.3 Å². The second-order valence-corrected chi connectivity index (χ2v) is 5.26. The van der Waals surface area contributed by atoms with Crippen molar-refractivity contribution in [2.75, 3.05) is 6.54 Å². The minimum Gasteiger partial charge on any atom is -0.350 e. The molecule has 0 bridgehead atoms. The molecule has 0 aliphatic heterocycles. The van der Waals surface area contributed by atoms with E-state index in [0.717, 1.165) is 25.6 Å². The van der Waals surface area contributed by atoms with Gasteiger partial charge in [-0.3, -0.25) is 0 Å². The summed E-state index contributed by atoms with van der Waals surface area (Å²) in [6.45, 7) is 10.1. The highest BCUT2D eigenvalue weighted by Crippen LogP contribution is 2.06. The average Bonchev–Trinajstić information content (AvgIpc) is 2.71. The van der Waals surface area contributed by atoms with Crippen molar-refractivity contribution in [3.8, 4) is 0 Å². The van der Waals surface area contributed by atoms with E-state index in [2.05, 4.69) is 49.0 Å². The van der Waals surface area contributed by atoms with Crippen LogP contribution in [0.5, 0.6) is 0 Å². The van der Waals surface area contributed by atoms with Crippen LogP contribution in [-0.2, 0) is 13.1 Å². The van der Waals surface area contributed by atoms with E-state index >= 15 is 0 Å². The Bertz CT molecular complexity index is 289. The maximum absolute atomic E-state index is 3.54. The fraction of sp³-hybridized carbons (Fsp3) is 0.733. The number of nitrogens with zero attached hydrogens (tertiary/aromatic N) is 1. The van der Waals surface area contributed by atoms with Crippen LogP contribution in [0.2, 0.25) is 0 Å². The third-order valence-corrected chi connectivity index (χ3v) is 3.08. The Morgan fingerprint density at radius 2 is 2.12 bits per heavy atom.